The highest BCUT2D eigenvalue weighted by molar-refractivity contribution is 7.13. The Labute approximate surface area is 195 Å². The lowest BCUT2D eigenvalue weighted by Crippen LogP contribution is -2.33. The third-order valence-corrected chi connectivity index (χ3v) is 6.07. The number of nitrogens with one attached hydrogen (secondary N) is 2. The molecule has 1 amide bonds. The van der Waals surface area contributed by atoms with E-state index in [1.54, 1.807) is 36.6 Å². The summed E-state index contributed by atoms with van der Waals surface area (Å²) in [6.45, 7) is 6.02. The maximum Gasteiger partial charge on any atom is 0.407 e. The van der Waals surface area contributed by atoms with E-state index in [2.05, 4.69) is 10.3 Å². The molecule has 33 heavy (non-hydrogen) atoms. The number of carbonyl (C=O) groups is 1. The molecular formula is C25H28N2O5S. The molecule has 7 nitrogen and oxygen atoms in total. The largest absolute Gasteiger partial charge is 0.497 e. The second-order valence-corrected chi connectivity index (χ2v) is 9.79. The van der Waals surface area contributed by atoms with Crippen molar-refractivity contribution in [1.82, 2.24) is 10.3 Å². The van der Waals surface area contributed by atoms with E-state index in [4.69, 9.17) is 13.9 Å². The summed E-state index contributed by atoms with van der Waals surface area (Å²) >= 11 is 1.57. The van der Waals surface area contributed by atoms with E-state index in [0.717, 1.165) is 29.1 Å². The lowest BCUT2D eigenvalue weighted by molar-refractivity contribution is 0.0527. The summed E-state index contributed by atoms with van der Waals surface area (Å²) in [6.07, 6.45) is 1.84. The first-order chi connectivity index (χ1) is 15.8. The summed E-state index contributed by atoms with van der Waals surface area (Å²) < 4.78 is 16.8. The van der Waals surface area contributed by atoms with Gasteiger partial charge in [-0.1, -0.05) is 6.07 Å². The zero-order chi connectivity index (χ0) is 23.6. The Morgan fingerprint density at radius 1 is 1.21 bits per heavy atom. The number of fused-ring (bicyclic) bond motifs is 2. The highest BCUT2D eigenvalue weighted by Gasteiger charge is 2.20. The predicted molar refractivity (Wildman–Crippen MR) is 131 cm³/mol. The number of hydrogen-bond donors (Lipinski definition) is 2. The Morgan fingerprint density at radius 2 is 2.03 bits per heavy atom. The summed E-state index contributed by atoms with van der Waals surface area (Å²) in [5.74, 6) is 0.611. The average Bonchev–Trinajstić information content (AvgIpc) is 3.40. The van der Waals surface area contributed by atoms with E-state index in [-0.39, 0.29) is 5.43 Å². The first kappa shape index (κ1) is 22.9. The van der Waals surface area contributed by atoms with E-state index in [1.165, 1.54) is 0 Å². The van der Waals surface area contributed by atoms with Crippen LogP contribution in [0.2, 0.25) is 0 Å². The number of hydrogen-bond acceptors (Lipinski definition) is 6. The lowest BCUT2D eigenvalue weighted by atomic mass is 10.1. The van der Waals surface area contributed by atoms with Crippen LogP contribution in [0.4, 0.5) is 4.79 Å². The molecule has 0 aliphatic carbocycles. The molecule has 0 radical (unpaired) electrons. The van der Waals surface area contributed by atoms with Gasteiger partial charge in [-0.15, -0.1) is 11.3 Å². The molecule has 0 saturated heterocycles. The van der Waals surface area contributed by atoms with Crippen LogP contribution in [0.15, 0.2) is 44.9 Å². The number of aromatic amines is 1. The number of carbonyl (C=O) groups excluding carboxylic acids is 1. The van der Waals surface area contributed by atoms with E-state index in [0.29, 0.717) is 40.7 Å². The topological polar surface area (TPSA) is 93.6 Å². The van der Waals surface area contributed by atoms with E-state index < -0.39 is 11.7 Å². The monoisotopic (exact) mass is 468 g/mol. The Morgan fingerprint density at radius 3 is 2.73 bits per heavy atom. The van der Waals surface area contributed by atoms with E-state index in [1.807, 2.05) is 38.3 Å². The summed E-state index contributed by atoms with van der Waals surface area (Å²) in [5.41, 5.74) is 2.16. The van der Waals surface area contributed by atoms with Crippen LogP contribution in [0, 0.1) is 0 Å². The number of aromatic nitrogens is 1. The van der Waals surface area contributed by atoms with Gasteiger partial charge in [-0.2, -0.15) is 0 Å². The minimum absolute atomic E-state index is 0.0809. The zero-order valence-electron chi connectivity index (χ0n) is 19.2. The molecule has 0 bridgehead atoms. The van der Waals surface area contributed by atoms with Gasteiger partial charge in [-0.3, -0.25) is 4.79 Å². The standard InChI is InChI=1S/C25H28N2O5S/c1-25(2,3)32-24(29)26-12-6-5-8-17-23-20(21(27-17)19-9-7-13-33-19)22(28)16-14-15(30-4)10-11-18(16)31-23/h7,9-11,13-14,27H,5-6,8,12H2,1-4H3,(H,26,29). The van der Waals surface area contributed by atoms with Crippen molar-refractivity contribution in [2.45, 2.75) is 45.6 Å². The molecule has 4 aromatic rings. The molecule has 1 aromatic carbocycles. The van der Waals surface area contributed by atoms with Crippen molar-refractivity contribution in [2.24, 2.45) is 0 Å². The normalized spacial score (nSPS) is 11.8. The molecule has 0 unspecified atom stereocenters. The minimum Gasteiger partial charge on any atom is -0.497 e. The van der Waals surface area contributed by atoms with Crippen LogP contribution in [-0.2, 0) is 11.2 Å². The van der Waals surface area contributed by atoms with Crippen LogP contribution in [0.5, 0.6) is 5.75 Å². The average molecular weight is 469 g/mol. The Balaban J connectivity index is 1.59. The lowest BCUT2D eigenvalue weighted by Gasteiger charge is -2.19. The summed E-state index contributed by atoms with van der Waals surface area (Å²) in [5, 5.41) is 5.81. The van der Waals surface area contributed by atoms with Gasteiger partial charge in [-0.05, 0) is 69.7 Å². The van der Waals surface area contributed by atoms with Crippen molar-refractivity contribution in [1.29, 1.82) is 0 Å². The van der Waals surface area contributed by atoms with Gasteiger partial charge in [0.25, 0.3) is 0 Å². The molecule has 0 atom stereocenters. The number of alkyl carbamates (subject to hydrolysis) is 1. The number of ether oxygens (including phenoxy) is 2. The second-order valence-electron chi connectivity index (χ2n) is 8.84. The first-order valence-electron chi connectivity index (χ1n) is 10.9. The summed E-state index contributed by atoms with van der Waals surface area (Å²) in [6, 6.07) is 9.21. The third kappa shape index (κ3) is 5.06. The van der Waals surface area contributed by atoms with Crippen LogP contribution >= 0.6 is 11.3 Å². The molecular weight excluding hydrogens is 440 g/mol. The number of rotatable bonds is 7. The molecule has 174 valence electrons. The fourth-order valence-electron chi connectivity index (χ4n) is 3.72. The summed E-state index contributed by atoms with van der Waals surface area (Å²) in [4.78, 5) is 29.7. The maximum atomic E-state index is 13.5. The number of methoxy groups -OCH3 is 1. The van der Waals surface area contributed by atoms with Gasteiger partial charge in [-0.25, -0.2) is 4.79 Å². The van der Waals surface area contributed by atoms with Crippen LogP contribution in [0.1, 0.15) is 39.3 Å². The molecule has 0 aliphatic heterocycles. The molecule has 3 heterocycles. The Kier molecular flexibility index (Phi) is 6.47. The van der Waals surface area contributed by atoms with Crippen molar-refractivity contribution < 1.29 is 18.7 Å². The number of thiophene rings is 1. The SMILES string of the molecule is COc1ccc2oc3c(CCCCNC(=O)OC(C)(C)C)[nH]c(-c4cccs4)c3c(=O)c2c1. The quantitative estimate of drug-likeness (QED) is 0.331. The second kappa shape index (κ2) is 9.31. The van der Waals surface area contributed by atoms with Crippen molar-refractivity contribution in [3.63, 3.8) is 0 Å². The van der Waals surface area contributed by atoms with Crippen LogP contribution in [-0.4, -0.2) is 30.3 Å². The van der Waals surface area contributed by atoms with Crippen LogP contribution < -0.4 is 15.5 Å². The van der Waals surface area contributed by atoms with Gasteiger partial charge >= 0.3 is 6.09 Å². The number of H-pyrrole nitrogens is 1. The number of aryl methyl sites for hydroxylation is 1. The Hall–Kier alpha value is -3.26. The van der Waals surface area contributed by atoms with Crippen LogP contribution in [0.3, 0.4) is 0 Å². The predicted octanol–water partition coefficient (Wildman–Crippen LogP) is 5.86. The fraction of sp³-hybridized carbons (Fsp3) is 0.360. The van der Waals surface area contributed by atoms with Crippen LogP contribution in [0.25, 0.3) is 32.5 Å². The van der Waals surface area contributed by atoms with Gasteiger partial charge in [0.2, 0.25) is 5.43 Å². The smallest absolute Gasteiger partial charge is 0.407 e. The number of amides is 1. The highest BCUT2D eigenvalue weighted by Crippen LogP contribution is 2.34. The highest BCUT2D eigenvalue weighted by atomic mass is 32.1. The molecule has 0 spiro atoms. The van der Waals surface area contributed by atoms with Crippen molar-refractivity contribution >= 4 is 39.4 Å². The van der Waals surface area contributed by atoms with Gasteiger partial charge in [0.15, 0.2) is 5.58 Å². The Bertz CT molecular complexity index is 1330. The molecule has 4 rings (SSSR count). The number of unbranched alkanes of at least 4 members (excludes halogenated alkanes) is 1. The molecule has 2 N–H and O–H groups in total. The van der Waals surface area contributed by atoms with Crippen molar-refractivity contribution in [3.8, 4) is 16.3 Å². The van der Waals surface area contributed by atoms with Crippen molar-refractivity contribution in [3.05, 3.63) is 51.6 Å². The van der Waals surface area contributed by atoms with Gasteiger partial charge in [0.05, 0.1) is 34.1 Å². The van der Waals surface area contributed by atoms with Gasteiger partial charge in [0.1, 0.15) is 16.9 Å². The van der Waals surface area contributed by atoms with E-state index in [9.17, 15) is 9.59 Å². The fourth-order valence-corrected chi connectivity index (χ4v) is 4.46. The molecule has 3 aromatic heterocycles. The number of benzene rings is 1. The molecule has 0 saturated carbocycles. The summed E-state index contributed by atoms with van der Waals surface area (Å²) in [7, 11) is 1.57. The zero-order valence-corrected chi connectivity index (χ0v) is 20.1. The third-order valence-electron chi connectivity index (χ3n) is 5.19. The van der Waals surface area contributed by atoms with E-state index >= 15 is 0 Å². The molecule has 0 aliphatic rings. The molecule has 8 heteroatoms. The first-order valence-corrected chi connectivity index (χ1v) is 11.8. The maximum absolute atomic E-state index is 13.5. The molecule has 0 fully saturated rings. The van der Waals surface area contributed by atoms with Crippen molar-refractivity contribution in [2.75, 3.05) is 13.7 Å². The van der Waals surface area contributed by atoms with Gasteiger partial charge < -0.3 is 24.2 Å². The minimum atomic E-state index is -0.518. The van der Waals surface area contributed by atoms with Gasteiger partial charge in [0, 0.05) is 6.54 Å².